The van der Waals surface area contributed by atoms with Crippen LogP contribution in [0.1, 0.15) is 50.9 Å². The van der Waals surface area contributed by atoms with E-state index < -0.39 is 0 Å². The van der Waals surface area contributed by atoms with Crippen molar-refractivity contribution in [3.05, 3.63) is 35.4 Å². The zero-order chi connectivity index (χ0) is 15.6. The average Bonchev–Trinajstić information content (AvgIpc) is 2.77. The van der Waals surface area contributed by atoms with Gasteiger partial charge in [0.2, 0.25) is 0 Å². The van der Waals surface area contributed by atoms with Crippen LogP contribution in [0.25, 0.3) is 11.3 Å². The highest BCUT2D eigenvalue weighted by atomic mass is 19.1. The molecule has 1 heterocycles. The van der Waals surface area contributed by atoms with Crippen molar-refractivity contribution in [1.29, 1.82) is 0 Å². The molecule has 2 N–H and O–H groups in total. The summed E-state index contributed by atoms with van der Waals surface area (Å²) in [4.78, 5) is 4.67. The highest BCUT2D eigenvalue weighted by Gasteiger charge is 2.18. The van der Waals surface area contributed by atoms with Crippen LogP contribution in [0.4, 0.5) is 10.2 Å². The summed E-state index contributed by atoms with van der Waals surface area (Å²) in [6.07, 6.45) is 2.16. The summed E-state index contributed by atoms with van der Waals surface area (Å²) in [5, 5.41) is 0. The van der Waals surface area contributed by atoms with E-state index in [1.807, 2.05) is 6.07 Å². The highest BCUT2D eigenvalue weighted by Crippen LogP contribution is 2.30. The van der Waals surface area contributed by atoms with Crippen molar-refractivity contribution in [2.24, 2.45) is 0 Å². The zero-order valence-electron chi connectivity index (χ0n) is 13.3. The Morgan fingerprint density at radius 2 is 2.05 bits per heavy atom. The molecule has 0 aliphatic carbocycles. The number of aryl methyl sites for hydroxylation is 1. The van der Waals surface area contributed by atoms with Gasteiger partial charge in [0.05, 0.1) is 0 Å². The number of hydrogen-bond acceptors (Lipinski definition) is 2. The number of nitrogens with two attached hydrogens (primary N) is 1. The number of nitrogen functional groups attached to an aromatic ring is 1. The monoisotopic (exact) mass is 289 g/mol. The maximum absolute atomic E-state index is 13.8. The van der Waals surface area contributed by atoms with Gasteiger partial charge in [0, 0.05) is 18.0 Å². The molecule has 0 amide bonds. The molecule has 2 rings (SSSR count). The molecule has 0 fully saturated rings. The van der Waals surface area contributed by atoms with Crippen LogP contribution in [0.2, 0.25) is 0 Å². The van der Waals surface area contributed by atoms with E-state index in [1.165, 1.54) is 6.07 Å². The Balaban J connectivity index is 2.51. The number of nitrogens with zero attached hydrogens (tertiary/aromatic N) is 2. The molecule has 0 saturated carbocycles. The number of benzene rings is 1. The van der Waals surface area contributed by atoms with E-state index in [2.05, 4.69) is 30.3 Å². The molecule has 3 nitrogen and oxygen atoms in total. The Hall–Kier alpha value is -1.84. The second-order valence-electron chi connectivity index (χ2n) is 5.83. The number of aromatic nitrogens is 2. The lowest BCUT2D eigenvalue weighted by atomic mass is 10.1. The van der Waals surface area contributed by atoms with E-state index in [-0.39, 0.29) is 11.7 Å². The van der Waals surface area contributed by atoms with Crippen LogP contribution in [-0.2, 0) is 6.54 Å². The van der Waals surface area contributed by atoms with Crippen LogP contribution in [0.15, 0.2) is 18.2 Å². The first kappa shape index (κ1) is 15.5. The van der Waals surface area contributed by atoms with E-state index in [4.69, 9.17) is 5.73 Å². The van der Waals surface area contributed by atoms with Gasteiger partial charge in [0.1, 0.15) is 23.2 Å². The first-order valence-corrected chi connectivity index (χ1v) is 7.58. The Morgan fingerprint density at radius 1 is 1.33 bits per heavy atom. The lowest BCUT2D eigenvalue weighted by molar-refractivity contribution is 0.588. The van der Waals surface area contributed by atoms with Gasteiger partial charge in [-0.15, -0.1) is 0 Å². The summed E-state index contributed by atoms with van der Waals surface area (Å²) in [6, 6.07) is 5.16. The second kappa shape index (κ2) is 6.29. The fourth-order valence-electron chi connectivity index (χ4n) is 2.43. The maximum atomic E-state index is 13.8. The van der Waals surface area contributed by atoms with Crippen molar-refractivity contribution in [3.63, 3.8) is 0 Å². The van der Waals surface area contributed by atoms with Gasteiger partial charge in [-0.05, 0) is 25.0 Å². The van der Waals surface area contributed by atoms with Crippen molar-refractivity contribution in [3.8, 4) is 11.3 Å². The molecule has 0 radical (unpaired) electrons. The molecule has 0 aliphatic heterocycles. The first-order valence-electron chi connectivity index (χ1n) is 7.58. The summed E-state index contributed by atoms with van der Waals surface area (Å²) in [5.74, 6) is 1.67. The molecule has 0 bridgehead atoms. The molecular weight excluding hydrogens is 265 g/mol. The number of hydrogen-bond donors (Lipinski definition) is 1. The Bertz CT molecular complexity index is 629. The van der Waals surface area contributed by atoms with Gasteiger partial charge in [-0.3, -0.25) is 0 Å². The minimum atomic E-state index is -0.221. The van der Waals surface area contributed by atoms with Gasteiger partial charge in [0.15, 0.2) is 0 Å². The van der Waals surface area contributed by atoms with E-state index in [1.54, 1.807) is 13.0 Å². The maximum Gasteiger partial charge on any atom is 0.131 e. The second-order valence-corrected chi connectivity index (χ2v) is 5.83. The van der Waals surface area contributed by atoms with Gasteiger partial charge in [-0.2, -0.15) is 0 Å². The van der Waals surface area contributed by atoms with Crippen molar-refractivity contribution < 1.29 is 4.39 Å². The first-order chi connectivity index (χ1) is 9.95. The number of halogens is 1. The fraction of sp³-hybridized carbons (Fsp3) is 0.471. The van der Waals surface area contributed by atoms with Crippen LogP contribution in [0.3, 0.4) is 0 Å². The van der Waals surface area contributed by atoms with E-state index in [0.29, 0.717) is 17.1 Å². The van der Waals surface area contributed by atoms with Crippen LogP contribution < -0.4 is 5.73 Å². The Morgan fingerprint density at radius 3 is 2.62 bits per heavy atom. The van der Waals surface area contributed by atoms with Gasteiger partial charge in [0.25, 0.3) is 0 Å². The molecule has 1 aromatic heterocycles. The molecule has 21 heavy (non-hydrogen) atoms. The normalized spacial score (nSPS) is 11.3. The quantitative estimate of drug-likeness (QED) is 0.880. The predicted octanol–water partition coefficient (Wildman–Crippen LogP) is 4.50. The largest absolute Gasteiger partial charge is 0.383 e. The molecule has 1 aromatic carbocycles. The molecule has 2 aromatic rings. The highest BCUT2D eigenvalue weighted by molar-refractivity contribution is 5.71. The van der Waals surface area contributed by atoms with Crippen LogP contribution in [0.5, 0.6) is 0 Å². The molecule has 114 valence electrons. The summed E-state index contributed by atoms with van der Waals surface area (Å²) >= 11 is 0. The van der Waals surface area contributed by atoms with E-state index in [9.17, 15) is 4.39 Å². The number of anilines is 1. The SMILES string of the molecule is CCCCn1c(C(C)C)nc(-c2ccc(C)c(F)c2)c1N. The summed E-state index contributed by atoms with van der Waals surface area (Å²) in [6.45, 7) is 8.96. The Kier molecular flexibility index (Phi) is 4.66. The molecule has 0 saturated heterocycles. The standard InChI is InChI=1S/C17H24FN3/c1-5-6-9-21-16(19)15(20-17(21)11(2)3)13-8-7-12(4)14(18)10-13/h7-8,10-11H,5-6,9,19H2,1-4H3. The lowest BCUT2D eigenvalue weighted by Gasteiger charge is -2.11. The average molecular weight is 289 g/mol. The molecular formula is C17H24FN3. The van der Waals surface area contributed by atoms with Crippen LogP contribution in [-0.4, -0.2) is 9.55 Å². The predicted molar refractivity (Wildman–Crippen MR) is 85.8 cm³/mol. The van der Waals surface area contributed by atoms with E-state index >= 15 is 0 Å². The number of imidazole rings is 1. The minimum absolute atomic E-state index is 0.221. The summed E-state index contributed by atoms with van der Waals surface area (Å²) in [5.41, 5.74) is 8.34. The Labute approximate surface area is 126 Å². The lowest BCUT2D eigenvalue weighted by Crippen LogP contribution is -2.08. The fourth-order valence-corrected chi connectivity index (χ4v) is 2.43. The van der Waals surface area contributed by atoms with Crippen LogP contribution in [0, 0.1) is 12.7 Å². The number of rotatable bonds is 5. The number of unbranched alkanes of at least 4 members (excludes halogenated alkanes) is 1. The molecule has 0 aliphatic rings. The third kappa shape index (κ3) is 3.09. The molecule has 0 spiro atoms. The summed E-state index contributed by atoms with van der Waals surface area (Å²) in [7, 11) is 0. The van der Waals surface area contributed by atoms with Crippen molar-refractivity contribution in [1.82, 2.24) is 9.55 Å². The minimum Gasteiger partial charge on any atom is -0.383 e. The molecule has 0 unspecified atom stereocenters. The van der Waals surface area contributed by atoms with Gasteiger partial charge < -0.3 is 10.3 Å². The smallest absolute Gasteiger partial charge is 0.131 e. The van der Waals surface area contributed by atoms with Gasteiger partial charge >= 0.3 is 0 Å². The van der Waals surface area contributed by atoms with Crippen molar-refractivity contribution in [2.75, 3.05) is 5.73 Å². The summed E-state index contributed by atoms with van der Waals surface area (Å²) < 4.78 is 15.9. The zero-order valence-corrected chi connectivity index (χ0v) is 13.3. The van der Waals surface area contributed by atoms with Crippen molar-refractivity contribution >= 4 is 5.82 Å². The third-order valence-electron chi connectivity index (χ3n) is 3.73. The topological polar surface area (TPSA) is 43.8 Å². The third-order valence-corrected chi connectivity index (χ3v) is 3.73. The van der Waals surface area contributed by atoms with Crippen LogP contribution >= 0.6 is 0 Å². The molecule has 0 atom stereocenters. The van der Waals surface area contributed by atoms with E-state index in [0.717, 1.165) is 30.8 Å². The van der Waals surface area contributed by atoms with Gasteiger partial charge in [-0.1, -0.05) is 39.3 Å². The van der Waals surface area contributed by atoms with Crippen molar-refractivity contribution in [2.45, 2.75) is 53.0 Å². The molecule has 4 heteroatoms. The van der Waals surface area contributed by atoms with Gasteiger partial charge in [-0.25, -0.2) is 9.37 Å².